The van der Waals surface area contributed by atoms with Crippen molar-refractivity contribution in [3.63, 3.8) is 0 Å². The Kier molecular flexibility index (Phi) is 3.72. The number of carboxylic acids is 4. The van der Waals surface area contributed by atoms with E-state index in [4.69, 9.17) is 24.8 Å². The first-order chi connectivity index (χ1) is 12.2. The Morgan fingerprint density at radius 2 is 1.12 bits per heavy atom. The largest absolute Gasteiger partial charge is 0.478 e. The SMILES string of the molecule is O=C(O)c1cc2c(cc1C(=O)O)Oc1c(ccc(C(=O)O)c1C(=O)O)O2. The summed E-state index contributed by atoms with van der Waals surface area (Å²) in [6, 6.07) is 3.95. The molecule has 0 unspecified atom stereocenters. The lowest BCUT2D eigenvalue weighted by Crippen LogP contribution is -2.14. The van der Waals surface area contributed by atoms with Crippen molar-refractivity contribution in [1.29, 1.82) is 0 Å². The quantitative estimate of drug-likeness (QED) is 0.542. The molecule has 0 spiro atoms. The summed E-state index contributed by atoms with van der Waals surface area (Å²) < 4.78 is 10.8. The standard InChI is InChI=1S/C16H8O10/c17-13(18)5-1-2-8-12(11(5)16(23)24)26-10-4-7(15(21)22)6(14(19)20)3-9(10)25-8/h1-4H,(H,17,18)(H,19,20)(H,21,22)(H,23,24). The molecule has 26 heavy (non-hydrogen) atoms. The number of carbonyl (C=O) groups is 4. The fourth-order valence-corrected chi connectivity index (χ4v) is 2.44. The van der Waals surface area contributed by atoms with Crippen molar-refractivity contribution in [2.75, 3.05) is 0 Å². The highest BCUT2D eigenvalue weighted by molar-refractivity contribution is 6.05. The second-order valence-corrected chi connectivity index (χ2v) is 5.08. The Hall–Kier alpha value is -4.08. The molecule has 0 bridgehead atoms. The zero-order chi connectivity index (χ0) is 19.2. The summed E-state index contributed by atoms with van der Waals surface area (Å²) in [6.45, 7) is 0. The molecule has 10 nitrogen and oxygen atoms in total. The lowest BCUT2D eigenvalue weighted by molar-refractivity contribution is 0.0647. The molecular formula is C16H8O10. The zero-order valence-corrected chi connectivity index (χ0v) is 12.5. The van der Waals surface area contributed by atoms with Gasteiger partial charge in [0, 0.05) is 12.1 Å². The molecule has 0 amide bonds. The molecule has 2 aromatic rings. The minimum Gasteiger partial charge on any atom is -0.478 e. The topological polar surface area (TPSA) is 168 Å². The summed E-state index contributed by atoms with van der Waals surface area (Å²) in [5.74, 6) is -7.14. The number of rotatable bonds is 4. The van der Waals surface area contributed by atoms with Gasteiger partial charge in [0.25, 0.3) is 0 Å². The molecule has 0 radical (unpaired) electrons. The average molecular weight is 360 g/mol. The van der Waals surface area contributed by atoms with Crippen LogP contribution in [0.4, 0.5) is 0 Å². The van der Waals surface area contributed by atoms with Gasteiger partial charge in [-0.05, 0) is 12.1 Å². The molecule has 4 N–H and O–H groups in total. The van der Waals surface area contributed by atoms with Crippen LogP contribution in [0.3, 0.4) is 0 Å². The van der Waals surface area contributed by atoms with E-state index in [9.17, 15) is 24.3 Å². The number of ether oxygens (including phenoxy) is 2. The van der Waals surface area contributed by atoms with E-state index >= 15 is 0 Å². The molecule has 0 saturated carbocycles. The number of carboxylic acid groups (broad SMARTS) is 4. The summed E-state index contributed by atoms with van der Waals surface area (Å²) in [6.07, 6.45) is 0. The Labute approximate surface area is 143 Å². The van der Waals surface area contributed by atoms with Crippen LogP contribution in [0.5, 0.6) is 23.0 Å². The van der Waals surface area contributed by atoms with Crippen LogP contribution in [-0.2, 0) is 0 Å². The van der Waals surface area contributed by atoms with Crippen molar-refractivity contribution in [1.82, 2.24) is 0 Å². The predicted octanol–water partition coefficient (Wildman–Crippen LogP) is 2.38. The summed E-state index contributed by atoms with van der Waals surface area (Å²) >= 11 is 0. The minimum absolute atomic E-state index is 0.153. The van der Waals surface area contributed by atoms with E-state index in [0.717, 1.165) is 24.3 Å². The van der Waals surface area contributed by atoms with Crippen LogP contribution >= 0.6 is 0 Å². The Morgan fingerprint density at radius 1 is 0.615 bits per heavy atom. The van der Waals surface area contributed by atoms with Gasteiger partial charge < -0.3 is 29.9 Å². The van der Waals surface area contributed by atoms with Crippen LogP contribution in [0.2, 0.25) is 0 Å². The monoisotopic (exact) mass is 360 g/mol. The fraction of sp³-hybridized carbons (Fsp3) is 0. The molecule has 0 atom stereocenters. The van der Waals surface area contributed by atoms with Gasteiger partial charge in [0.15, 0.2) is 23.0 Å². The molecule has 1 aliphatic heterocycles. The van der Waals surface area contributed by atoms with Crippen molar-refractivity contribution >= 4 is 23.9 Å². The molecule has 0 fully saturated rings. The summed E-state index contributed by atoms with van der Waals surface area (Å²) in [4.78, 5) is 45.1. The van der Waals surface area contributed by atoms with Crippen molar-refractivity contribution in [2.45, 2.75) is 0 Å². The van der Waals surface area contributed by atoms with Crippen molar-refractivity contribution in [3.8, 4) is 23.0 Å². The van der Waals surface area contributed by atoms with E-state index in [-0.39, 0.29) is 17.2 Å². The molecule has 0 aliphatic carbocycles. The Balaban J connectivity index is 2.22. The molecule has 1 heterocycles. The van der Waals surface area contributed by atoms with Crippen LogP contribution in [0.1, 0.15) is 41.4 Å². The van der Waals surface area contributed by atoms with E-state index < -0.39 is 51.9 Å². The molecule has 2 aromatic carbocycles. The minimum atomic E-state index is -1.59. The highest BCUT2D eigenvalue weighted by Gasteiger charge is 2.31. The van der Waals surface area contributed by atoms with Crippen LogP contribution < -0.4 is 9.47 Å². The summed E-state index contributed by atoms with van der Waals surface area (Å²) in [5, 5.41) is 36.7. The van der Waals surface area contributed by atoms with Gasteiger partial charge in [-0.2, -0.15) is 0 Å². The van der Waals surface area contributed by atoms with E-state index in [2.05, 4.69) is 0 Å². The second-order valence-electron chi connectivity index (χ2n) is 5.08. The van der Waals surface area contributed by atoms with Crippen molar-refractivity contribution in [2.24, 2.45) is 0 Å². The molecule has 10 heteroatoms. The first-order valence-electron chi connectivity index (χ1n) is 6.84. The van der Waals surface area contributed by atoms with E-state index in [1.807, 2.05) is 0 Å². The highest BCUT2D eigenvalue weighted by Crippen LogP contribution is 2.48. The van der Waals surface area contributed by atoms with Gasteiger partial charge in [-0.1, -0.05) is 0 Å². The summed E-state index contributed by atoms with van der Waals surface area (Å²) in [5.41, 5.74) is -2.39. The zero-order valence-electron chi connectivity index (χ0n) is 12.5. The number of hydrogen-bond acceptors (Lipinski definition) is 6. The molecular weight excluding hydrogens is 352 g/mol. The van der Waals surface area contributed by atoms with Crippen LogP contribution in [-0.4, -0.2) is 44.3 Å². The first-order valence-corrected chi connectivity index (χ1v) is 6.84. The van der Waals surface area contributed by atoms with Gasteiger partial charge >= 0.3 is 23.9 Å². The van der Waals surface area contributed by atoms with Gasteiger partial charge in [0.05, 0.1) is 16.7 Å². The fourth-order valence-electron chi connectivity index (χ4n) is 2.44. The molecule has 0 aromatic heterocycles. The Bertz CT molecular complexity index is 993. The molecule has 132 valence electrons. The first kappa shape index (κ1) is 16.8. The lowest BCUT2D eigenvalue weighted by atomic mass is 10.0. The van der Waals surface area contributed by atoms with Gasteiger partial charge in [0.1, 0.15) is 5.56 Å². The van der Waals surface area contributed by atoms with Gasteiger partial charge in [-0.3, -0.25) is 0 Å². The van der Waals surface area contributed by atoms with Crippen molar-refractivity contribution < 1.29 is 49.1 Å². The van der Waals surface area contributed by atoms with E-state index in [1.54, 1.807) is 0 Å². The maximum atomic E-state index is 11.5. The normalized spacial score (nSPS) is 11.4. The van der Waals surface area contributed by atoms with Gasteiger partial charge in [-0.15, -0.1) is 0 Å². The van der Waals surface area contributed by atoms with Gasteiger partial charge in [-0.25, -0.2) is 19.2 Å². The Morgan fingerprint density at radius 3 is 1.58 bits per heavy atom. The van der Waals surface area contributed by atoms with Crippen LogP contribution in [0, 0.1) is 0 Å². The maximum Gasteiger partial charge on any atom is 0.340 e. The third kappa shape index (κ3) is 2.55. The van der Waals surface area contributed by atoms with E-state index in [1.165, 1.54) is 0 Å². The third-order valence-electron chi connectivity index (χ3n) is 3.54. The number of hydrogen-bond donors (Lipinski definition) is 4. The molecule has 3 rings (SSSR count). The predicted molar refractivity (Wildman–Crippen MR) is 80.9 cm³/mol. The second kappa shape index (κ2) is 5.77. The lowest BCUT2D eigenvalue weighted by Gasteiger charge is -2.23. The molecule has 1 aliphatic rings. The van der Waals surface area contributed by atoms with Crippen molar-refractivity contribution in [3.05, 3.63) is 46.5 Å². The number of fused-ring (bicyclic) bond motifs is 2. The van der Waals surface area contributed by atoms with Crippen LogP contribution in [0.15, 0.2) is 24.3 Å². The average Bonchev–Trinajstić information content (AvgIpc) is 2.57. The van der Waals surface area contributed by atoms with Crippen LogP contribution in [0.25, 0.3) is 0 Å². The third-order valence-corrected chi connectivity index (χ3v) is 3.54. The number of benzene rings is 2. The highest BCUT2D eigenvalue weighted by atomic mass is 16.6. The van der Waals surface area contributed by atoms with Gasteiger partial charge in [0.2, 0.25) is 0 Å². The smallest absolute Gasteiger partial charge is 0.340 e. The summed E-state index contributed by atoms with van der Waals surface area (Å²) in [7, 11) is 0. The number of aromatic carboxylic acids is 4. The van der Waals surface area contributed by atoms with E-state index in [0.29, 0.717) is 0 Å². The maximum absolute atomic E-state index is 11.5. The molecule has 0 saturated heterocycles.